The molecule has 1 fully saturated rings. The molecule has 9 heteroatoms. The van der Waals surface area contributed by atoms with Gasteiger partial charge < -0.3 is 19.1 Å². The lowest BCUT2D eigenvalue weighted by Crippen LogP contribution is -2.59. The fourth-order valence-electron chi connectivity index (χ4n) is 5.26. The summed E-state index contributed by atoms with van der Waals surface area (Å²) in [5.41, 5.74) is 2.11. The Morgan fingerprint density at radius 3 is 2.55 bits per heavy atom. The third-order valence-corrected chi connectivity index (χ3v) is 6.91. The van der Waals surface area contributed by atoms with E-state index < -0.39 is 5.54 Å². The van der Waals surface area contributed by atoms with Gasteiger partial charge in [0.25, 0.3) is 5.91 Å². The van der Waals surface area contributed by atoms with Crippen LogP contribution < -0.4 is 4.74 Å². The molecular weight excluding hydrogens is 420 g/mol. The van der Waals surface area contributed by atoms with Crippen molar-refractivity contribution < 1.29 is 14.3 Å². The maximum atomic E-state index is 13.2. The smallest absolute Gasteiger partial charge is 0.253 e. The van der Waals surface area contributed by atoms with Gasteiger partial charge >= 0.3 is 0 Å². The Labute approximate surface area is 192 Å². The highest BCUT2D eigenvalue weighted by molar-refractivity contribution is 5.94. The summed E-state index contributed by atoms with van der Waals surface area (Å²) in [6.45, 7) is 4.03. The summed E-state index contributed by atoms with van der Waals surface area (Å²) in [6, 6.07) is 7.23. The van der Waals surface area contributed by atoms with Gasteiger partial charge in [-0.3, -0.25) is 14.3 Å². The molecule has 1 spiro atoms. The van der Waals surface area contributed by atoms with Crippen LogP contribution in [0.15, 0.2) is 42.9 Å². The Balaban J connectivity index is 1.45. The summed E-state index contributed by atoms with van der Waals surface area (Å²) in [6.07, 6.45) is 6.98. The molecule has 0 radical (unpaired) electrons. The minimum Gasteiger partial charge on any atom is -0.497 e. The molecule has 4 heterocycles. The molecule has 1 aromatic carbocycles. The zero-order chi connectivity index (χ0) is 23.2. The van der Waals surface area contributed by atoms with Gasteiger partial charge in [-0.2, -0.15) is 5.10 Å². The molecule has 172 valence electrons. The number of carbonyl (C=O) groups is 2. The minimum absolute atomic E-state index is 0.0201. The third kappa shape index (κ3) is 3.48. The van der Waals surface area contributed by atoms with Crippen molar-refractivity contribution in [3.63, 3.8) is 0 Å². The number of imidazole rings is 1. The highest BCUT2D eigenvalue weighted by atomic mass is 16.5. The number of aromatic nitrogens is 4. The van der Waals surface area contributed by atoms with E-state index in [2.05, 4.69) is 9.67 Å². The third-order valence-electron chi connectivity index (χ3n) is 6.91. The second-order valence-electron chi connectivity index (χ2n) is 8.75. The maximum Gasteiger partial charge on any atom is 0.253 e. The molecular formula is C24H28N6O3. The number of carbonyl (C=O) groups excluding carboxylic acids is 2. The van der Waals surface area contributed by atoms with Crippen molar-refractivity contribution in [1.82, 2.24) is 29.1 Å². The van der Waals surface area contributed by atoms with Crippen molar-refractivity contribution in [3.05, 3.63) is 54.2 Å². The number of rotatable bonds is 3. The van der Waals surface area contributed by atoms with Gasteiger partial charge in [0.05, 0.1) is 25.2 Å². The number of amides is 2. The average Bonchev–Trinajstić information content (AvgIpc) is 3.46. The average molecular weight is 449 g/mol. The molecule has 2 aliphatic rings. The second kappa shape index (κ2) is 8.06. The van der Waals surface area contributed by atoms with Crippen LogP contribution in [0.25, 0.3) is 11.3 Å². The fourth-order valence-corrected chi connectivity index (χ4v) is 5.26. The van der Waals surface area contributed by atoms with E-state index in [1.165, 1.54) is 0 Å². The minimum atomic E-state index is -0.518. The summed E-state index contributed by atoms with van der Waals surface area (Å²) < 4.78 is 9.26. The van der Waals surface area contributed by atoms with E-state index in [9.17, 15) is 9.59 Å². The van der Waals surface area contributed by atoms with Crippen LogP contribution in [0.5, 0.6) is 5.75 Å². The number of hydrogen-bond acceptors (Lipinski definition) is 5. The number of hydrogen-bond donors (Lipinski definition) is 0. The first-order valence-electron chi connectivity index (χ1n) is 11.2. The molecule has 3 aromatic rings. The zero-order valence-electron chi connectivity index (χ0n) is 19.2. The van der Waals surface area contributed by atoms with E-state index in [0.29, 0.717) is 50.3 Å². The van der Waals surface area contributed by atoms with Crippen molar-refractivity contribution in [1.29, 1.82) is 0 Å². The number of aryl methyl sites for hydroxylation is 1. The number of nitrogens with zero attached hydrogens (tertiary/aromatic N) is 6. The molecule has 9 nitrogen and oxygen atoms in total. The number of ether oxygens (including phenoxy) is 1. The molecule has 0 unspecified atom stereocenters. The summed E-state index contributed by atoms with van der Waals surface area (Å²) in [5.74, 6) is 1.58. The first-order chi connectivity index (χ1) is 15.9. The van der Waals surface area contributed by atoms with Crippen LogP contribution in [-0.2, 0) is 23.9 Å². The van der Waals surface area contributed by atoms with Gasteiger partial charge in [0.2, 0.25) is 5.91 Å². The quantitative estimate of drug-likeness (QED) is 0.614. The largest absolute Gasteiger partial charge is 0.497 e. The van der Waals surface area contributed by atoms with E-state index >= 15 is 0 Å². The summed E-state index contributed by atoms with van der Waals surface area (Å²) in [4.78, 5) is 34.4. The lowest BCUT2D eigenvalue weighted by atomic mass is 9.82. The van der Waals surface area contributed by atoms with Crippen molar-refractivity contribution in [3.8, 4) is 17.0 Å². The van der Waals surface area contributed by atoms with Gasteiger partial charge in [-0.1, -0.05) is 6.07 Å². The summed E-state index contributed by atoms with van der Waals surface area (Å²) in [5, 5.41) is 4.30. The van der Waals surface area contributed by atoms with Crippen LogP contribution in [0.2, 0.25) is 0 Å². The number of methoxy groups -OCH3 is 1. The SMILES string of the molecule is COc1cccc(C(=O)N2CCC3(CC2)c2ncc(-c4cnn(C)c4)n2CCN3C(C)=O)c1. The Hall–Kier alpha value is -3.62. The van der Waals surface area contributed by atoms with Gasteiger partial charge in [-0.25, -0.2) is 4.98 Å². The Morgan fingerprint density at radius 1 is 1.09 bits per heavy atom. The lowest BCUT2D eigenvalue weighted by molar-refractivity contribution is -0.140. The highest BCUT2D eigenvalue weighted by Crippen LogP contribution is 2.42. The van der Waals surface area contributed by atoms with Crippen LogP contribution in [0, 0.1) is 0 Å². The molecule has 5 rings (SSSR count). The van der Waals surface area contributed by atoms with E-state index in [4.69, 9.17) is 9.72 Å². The molecule has 2 amide bonds. The lowest BCUT2D eigenvalue weighted by Gasteiger charge is -2.50. The van der Waals surface area contributed by atoms with Gasteiger partial charge in [-0.15, -0.1) is 0 Å². The molecule has 0 bridgehead atoms. The van der Waals surface area contributed by atoms with Crippen LogP contribution >= 0.6 is 0 Å². The normalized spacial score (nSPS) is 17.2. The molecule has 2 aliphatic heterocycles. The van der Waals surface area contributed by atoms with E-state index in [1.54, 1.807) is 24.8 Å². The van der Waals surface area contributed by atoms with Crippen molar-refractivity contribution in [2.24, 2.45) is 7.05 Å². The van der Waals surface area contributed by atoms with Crippen molar-refractivity contribution in [2.75, 3.05) is 26.7 Å². The highest BCUT2D eigenvalue weighted by Gasteiger charge is 2.49. The monoisotopic (exact) mass is 448 g/mol. The predicted octanol–water partition coefficient (Wildman–Crippen LogP) is 2.29. The van der Waals surface area contributed by atoms with E-state index in [-0.39, 0.29) is 11.8 Å². The number of piperidine rings is 1. The number of likely N-dealkylation sites (tertiary alicyclic amines) is 1. The molecule has 0 N–H and O–H groups in total. The molecule has 0 aliphatic carbocycles. The van der Waals surface area contributed by atoms with Gasteiger partial charge in [-0.05, 0) is 31.0 Å². The van der Waals surface area contributed by atoms with Crippen LogP contribution in [0.3, 0.4) is 0 Å². The molecule has 33 heavy (non-hydrogen) atoms. The van der Waals surface area contributed by atoms with Crippen LogP contribution in [0.1, 0.15) is 35.9 Å². The number of fused-ring (bicyclic) bond motifs is 2. The second-order valence-corrected chi connectivity index (χ2v) is 8.75. The van der Waals surface area contributed by atoms with E-state index in [1.807, 2.05) is 53.6 Å². The van der Waals surface area contributed by atoms with Gasteiger partial charge in [0.1, 0.15) is 17.1 Å². The Bertz CT molecular complexity index is 1200. The van der Waals surface area contributed by atoms with Crippen LogP contribution in [-0.4, -0.2) is 67.7 Å². The van der Waals surface area contributed by atoms with Gasteiger partial charge in [0.15, 0.2) is 0 Å². The van der Waals surface area contributed by atoms with Crippen molar-refractivity contribution >= 4 is 11.8 Å². The van der Waals surface area contributed by atoms with E-state index in [0.717, 1.165) is 17.1 Å². The predicted molar refractivity (Wildman–Crippen MR) is 122 cm³/mol. The Morgan fingerprint density at radius 2 is 1.88 bits per heavy atom. The standard InChI is InChI=1S/C24H28N6O3/c1-17(31)30-12-11-29-21(19-14-26-27(2)16-19)15-25-23(29)24(30)7-9-28(10-8-24)22(32)18-5-4-6-20(13-18)33-3/h4-6,13-16H,7-12H2,1-3H3. The van der Waals surface area contributed by atoms with Crippen LogP contribution in [0.4, 0.5) is 0 Å². The molecule has 0 saturated carbocycles. The molecule has 2 aromatic heterocycles. The summed E-state index contributed by atoms with van der Waals surface area (Å²) in [7, 11) is 3.49. The maximum absolute atomic E-state index is 13.2. The first kappa shape index (κ1) is 21.2. The topological polar surface area (TPSA) is 85.5 Å². The first-order valence-corrected chi connectivity index (χ1v) is 11.2. The molecule has 1 saturated heterocycles. The van der Waals surface area contributed by atoms with Gasteiger partial charge in [0, 0.05) is 57.5 Å². The van der Waals surface area contributed by atoms with Crippen molar-refractivity contribution in [2.45, 2.75) is 31.8 Å². The molecule has 0 atom stereocenters. The Kier molecular flexibility index (Phi) is 5.19. The zero-order valence-corrected chi connectivity index (χ0v) is 19.2. The number of benzene rings is 1. The summed E-state index contributed by atoms with van der Waals surface area (Å²) >= 11 is 0. The fraction of sp³-hybridized carbons (Fsp3) is 0.417.